The Morgan fingerprint density at radius 2 is 0.492 bits per heavy atom. The molecule has 0 saturated heterocycles. The van der Waals surface area contributed by atoms with E-state index >= 15 is 0 Å². The lowest BCUT2D eigenvalue weighted by molar-refractivity contribution is -0.170. The Morgan fingerprint density at radius 1 is 0.305 bits per heavy atom. The first kappa shape index (κ1) is 57.7. The van der Waals surface area contributed by atoms with Crippen LogP contribution in [0, 0.1) is 0 Å². The molecule has 0 rings (SSSR count). The van der Waals surface area contributed by atoms with Crippen molar-refractivity contribution in [3.05, 3.63) is 0 Å². The lowest BCUT2D eigenvalue weighted by atomic mass is 9.95. The van der Waals surface area contributed by atoms with Crippen molar-refractivity contribution in [1.29, 1.82) is 0 Å². The molecular weight excluding hydrogens is 733 g/mol. The predicted molar refractivity (Wildman–Crippen MR) is 252 cm³/mol. The molecule has 59 heavy (non-hydrogen) atoms. The fourth-order valence-corrected chi connectivity index (χ4v) is 8.45. The quantitative estimate of drug-likeness (QED) is 0.0468. The SMILES string of the molecule is CCCCCCCCCCCCCCCCCC(=O)OC(C(O)C(=O)CCCCCCCCCCCCCCC)C(O)C(=O)CCCCCCCCCCCCCCC. The molecule has 0 heterocycles. The number of carbonyl (C=O) groups excluding carboxylic acids is 3. The summed E-state index contributed by atoms with van der Waals surface area (Å²) < 4.78 is 5.59. The summed E-state index contributed by atoms with van der Waals surface area (Å²) in [7, 11) is 0. The zero-order valence-corrected chi connectivity index (χ0v) is 39.9. The summed E-state index contributed by atoms with van der Waals surface area (Å²) in [4.78, 5) is 39.2. The highest BCUT2D eigenvalue weighted by Crippen LogP contribution is 2.20. The van der Waals surface area contributed by atoms with Gasteiger partial charge in [0.2, 0.25) is 0 Å². The number of rotatable bonds is 49. The van der Waals surface area contributed by atoms with Gasteiger partial charge in [-0.1, -0.05) is 265 Å². The van der Waals surface area contributed by atoms with Gasteiger partial charge < -0.3 is 14.9 Å². The molecule has 2 atom stereocenters. The van der Waals surface area contributed by atoms with Gasteiger partial charge >= 0.3 is 5.97 Å². The Balaban J connectivity index is 4.59. The minimum atomic E-state index is -1.69. The number of hydrogen-bond donors (Lipinski definition) is 2. The van der Waals surface area contributed by atoms with Crippen LogP contribution in [0.2, 0.25) is 0 Å². The van der Waals surface area contributed by atoms with E-state index in [-0.39, 0.29) is 19.3 Å². The Morgan fingerprint density at radius 3 is 0.712 bits per heavy atom. The lowest BCUT2D eigenvalue weighted by Gasteiger charge is -2.26. The summed E-state index contributed by atoms with van der Waals surface area (Å²) in [6, 6.07) is 0. The Kier molecular flexibility index (Phi) is 45.2. The minimum Gasteiger partial charge on any atom is -0.456 e. The number of esters is 1. The van der Waals surface area contributed by atoms with Crippen LogP contribution in [0.1, 0.15) is 303 Å². The maximum absolute atomic E-state index is 13.1. The highest BCUT2D eigenvalue weighted by atomic mass is 16.6. The predicted octanol–water partition coefficient (Wildman–Crippen LogP) is 16.0. The average Bonchev–Trinajstić information content (AvgIpc) is 3.24. The van der Waals surface area contributed by atoms with Gasteiger partial charge in [0, 0.05) is 19.3 Å². The van der Waals surface area contributed by atoms with Crippen LogP contribution >= 0.6 is 0 Å². The summed E-state index contributed by atoms with van der Waals surface area (Å²) in [5.41, 5.74) is 0. The molecule has 0 bridgehead atoms. The van der Waals surface area contributed by atoms with Gasteiger partial charge in [-0.25, -0.2) is 0 Å². The van der Waals surface area contributed by atoms with Crippen LogP contribution in [0.3, 0.4) is 0 Å². The van der Waals surface area contributed by atoms with Gasteiger partial charge in [-0.2, -0.15) is 0 Å². The molecule has 0 spiro atoms. The van der Waals surface area contributed by atoms with Gasteiger partial charge in [-0.15, -0.1) is 0 Å². The third kappa shape index (κ3) is 39.3. The van der Waals surface area contributed by atoms with E-state index in [4.69, 9.17) is 4.74 Å². The molecule has 0 aliphatic carbocycles. The second kappa shape index (κ2) is 46.2. The molecule has 0 aromatic rings. The molecule has 6 nitrogen and oxygen atoms in total. The van der Waals surface area contributed by atoms with Crippen molar-refractivity contribution >= 4 is 17.5 Å². The van der Waals surface area contributed by atoms with Crippen molar-refractivity contribution in [1.82, 2.24) is 0 Å². The number of ether oxygens (including phenoxy) is 1. The summed E-state index contributed by atoms with van der Waals surface area (Å²) in [5, 5.41) is 22.2. The summed E-state index contributed by atoms with van der Waals surface area (Å²) in [6.45, 7) is 6.77. The second-order valence-electron chi connectivity index (χ2n) is 18.5. The van der Waals surface area contributed by atoms with Crippen molar-refractivity contribution in [3.8, 4) is 0 Å². The molecule has 0 aromatic heterocycles. The highest BCUT2D eigenvalue weighted by molar-refractivity contribution is 5.88. The minimum absolute atomic E-state index is 0.159. The van der Waals surface area contributed by atoms with E-state index in [1.165, 1.54) is 186 Å². The largest absolute Gasteiger partial charge is 0.456 e. The van der Waals surface area contributed by atoms with Gasteiger partial charge in [0.1, 0.15) is 0 Å². The molecule has 0 amide bonds. The van der Waals surface area contributed by atoms with Gasteiger partial charge in [-0.3, -0.25) is 14.4 Å². The van der Waals surface area contributed by atoms with Crippen molar-refractivity contribution in [2.75, 3.05) is 0 Å². The zero-order valence-electron chi connectivity index (χ0n) is 39.9. The maximum atomic E-state index is 13.1. The monoisotopic (exact) mass is 835 g/mol. The first-order chi connectivity index (χ1) is 28.9. The molecule has 6 heteroatoms. The van der Waals surface area contributed by atoms with Crippen LogP contribution in [0.25, 0.3) is 0 Å². The number of carbonyl (C=O) groups is 3. The van der Waals surface area contributed by atoms with Gasteiger partial charge in [0.15, 0.2) is 29.9 Å². The number of aliphatic hydroxyl groups is 2. The summed E-state index contributed by atoms with van der Waals surface area (Å²) in [5.74, 6) is -1.46. The Hall–Kier alpha value is -1.27. The van der Waals surface area contributed by atoms with E-state index in [1.54, 1.807) is 0 Å². The van der Waals surface area contributed by atoms with Crippen molar-refractivity contribution < 1.29 is 29.3 Å². The molecule has 0 radical (unpaired) electrons. The number of unbranched alkanes of at least 4 members (excludes halogenated alkanes) is 38. The number of ketones is 2. The summed E-state index contributed by atoms with van der Waals surface area (Å²) in [6.07, 6.45) is 45.2. The maximum Gasteiger partial charge on any atom is 0.306 e. The third-order valence-corrected chi connectivity index (χ3v) is 12.6. The molecule has 0 aliphatic heterocycles. The number of Topliss-reactive ketones (excluding diaryl/α,β-unsaturated/α-hetero) is 2. The normalized spacial score (nSPS) is 13.1. The van der Waals surface area contributed by atoms with Gasteiger partial charge in [0.25, 0.3) is 0 Å². The molecule has 2 N–H and O–H groups in total. The molecule has 0 fully saturated rings. The molecular formula is C53H102O6. The van der Waals surface area contributed by atoms with E-state index < -0.39 is 35.8 Å². The number of hydrogen-bond acceptors (Lipinski definition) is 6. The van der Waals surface area contributed by atoms with Crippen molar-refractivity contribution in [2.45, 2.75) is 322 Å². The van der Waals surface area contributed by atoms with E-state index in [1.807, 2.05) is 0 Å². The van der Waals surface area contributed by atoms with E-state index in [9.17, 15) is 24.6 Å². The number of aliphatic hydroxyl groups excluding tert-OH is 2. The first-order valence-corrected chi connectivity index (χ1v) is 26.5. The third-order valence-electron chi connectivity index (χ3n) is 12.6. The van der Waals surface area contributed by atoms with E-state index in [0.29, 0.717) is 19.3 Å². The van der Waals surface area contributed by atoms with Crippen LogP contribution < -0.4 is 0 Å². The van der Waals surface area contributed by atoms with Crippen LogP contribution in [-0.2, 0) is 19.1 Å². The molecule has 0 saturated carbocycles. The second-order valence-corrected chi connectivity index (χ2v) is 18.5. The zero-order chi connectivity index (χ0) is 43.3. The van der Waals surface area contributed by atoms with E-state index in [2.05, 4.69) is 20.8 Å². The fraction of sp³-hybridized carbons (Fsp3) is 0.943. The molecule has 0 aromatic carbocycles. The first-order valence-electron chi connectivity index (χ1n) is 26.5. The topological polar surface area (TPSA) is 101 Å². The summed E-state index contributed by atoms with van der Waals surface area (Å²) >= 11 is 0. The van der Waals surface area contributed by atoms with Crippen LogP contribution in [0.15, 0.2) is 0 Å². The average molecular weight is 835 g/mol. The van der Waals surface area contributed by atoms with Crippen molar-refractivity contribution in [2.24, 2.45) is 0 Å². The molecule has 2 unspecified atom stereocenters. The van der Waals surface area contributed by atoms with Crippen LogP contribution in [-0.4, -0.2) is 46.1 Å². The highest BCUT2D eigenvalue weighted by Gasteiger charge is 2.38. The van der Waals surface area contributed by atoms with Gasteiger partial charge in [-0.05, 0) is 19.3 Å². The Labute approximate surface area is 367 Å². The van der Waals surface area contributed by atoms with E-state index in [0.717, 1.165) is 57.8 Å². The lowest BCUT2D eigenvalue weighted by Crippen LogP contribution is -2.48. The standard InChI is InChI=1S/C53H102O6/c1-4-7-10-13-16-19-22-25-26-29-32-35-38-41-44-47-50(56)59-53(51(57)48(54)45-42-39-36-33-30-27-23-20-17-14-11-8-5-2)52(58)49(55)46-43-40-37-34-31-28-24-21-18-15-12-9-6-3/h51-53,57-58H,4-47H2,1-3H3. The molecule has 350 valence electrons. The Bertz CT molecular complexity index is 856. The smallest absolute Gasteiger partial charge is 0.306 e. The van der Waals surface area contributed by atoms with Crippen LogP contribution in [0.5, 0.6) is 0 Å². The van der Waals surface area contributed by atoms with Crippen LogP contribution in [0.4, 0.5) is 0 Å². The van der Waals surface area contributed by atoms with Gasteiger partial charge in [0.05, 0.1) is 0 Å². The molecule has 0 aliphatic rings. The fourth-order valence-electron chi connectivity index (χ4n) is 8.45. The van der Waals surface area contributed by atoms with Crippen molar-refractivity contribution in [3.63, 3.8) is 0 Å².